The smallest absolute Gasteiger partial charge is 0.296 e. The molecule has 112 valence electrons. The lowest BCUT2D eigenvalue weighted by molar-refractivity contribution is -0.384. The summed E-state index contributed by atoms with van der Waals surface area (Å²) >= 11 is 0. The van der Waals surface area contributed by atoms with Gasteiger partial charge in [0.2, 0.25) is 5.69 Å². The number of nitro benzene ring substituents is 1. The fraction of sp³-hybridized carbons (Fsp3) is 0.357. The minimum atomic E-state index is -0.481. The van der Waals surface area contributed by atoms with Crippen molar-refractivity contribution in [1.82, 2.24) is 15.0 Å². The molecule has 22 heavy (non-hydrogen) atoms. The first-order valence-electron chi connectivity index (χ1n) is 7.07. The predicted octanol–water partition coefficient (Wildman–Crippen LogP) is 2.04. The van der Waals surface area contributed by atoms with Gasteiger partial charge in [-0.15, -0.1) is 15.0 Å². The molecule has 1 aliphatic heterocycles. The monoisotopic (exact) mass is 298 g/mol. The number of piperidine rings is 1. The van der Waals surface area contributed by atoms with Crippen LogP contribution in [-0.4, -0.2) is 33.0 Å². The summed E-state index contributed by atoms with van der Waals surface area (Å²) in [7, 11) is 0. The molecule has 2 aromatic rings. The fourth-order valence-corrected chi connectivity index (χ4v) is 2.59. The van der Waals surface area contributed by atoms with Gasteiger partial charge in [0.15, 0.2) is 11.5 Å². The van der Waals surface area contributed by atoms with Gasteiger partial charge < -0.3 is 4.90 Å². The lowest BCUT2D eigenvalue weighted by Crippen LogP contribution is -2.30. The number of hydrogen-bond acceptors (Lipinski definition) is 6. The number of hydrogen-bond donors (Lipinski definition) is 0. The highest BCUT2D eigenvalue weighted by molar-refractivity contribution is 5.54. The Morgan fingerprint density at radius 1 is 1.18 bits per heavy atom. The highest BCUT2D eigenvalue weighted by atomic mass is 16.6. The Labute approximate surface area is 126 Å². The van der Waals surface area contributed by atoms with Crippen molar-refractivity contribution in [2.45, 2.75) is 19.3 Å². The lowest BCUT2D eigenvalue weighted by Gasteiger charge is -2.26. The second-order valence-electron chi connectivity index (χ2n) is 5.07. The van der Waals surface area contributed by atoms with E-state index in [9.17, 15) is 15.4 Å². The molecule has 0 unspecified atom stereocenters. The second kappa shape index (κ2) is 5.81. The molecule has 0 N–H and O–H groups in total. The van der Waals surface area contributed by atoms with E-state index in [1.54, 1.807) is 18.2 Å². The molecule has 0 bridgehead atoms. The average Bonchev–Trinajstić information content (AvgIpc) is 3.00. The van der Waals surface area contributed by atoms with Crippen LogP contribution in [0.5, 0.6) is 0 Å². The molecule has 0 atom stereocenters. The minimum Gasteiger partial charge on any atom is -0.353 e. The van der Waals surface area contributed by atoms with Crippen molar-refractivity contribution in [3.8, 4) is 11.8 Å². The van der Waals surface area contributed by atoms with Gasteiger partial charge in [0.25, 0.3) is 5.69 Å². The van der Waals surface area contributed by atoms with Gasteiger partial charge in [0.1, 0.15) is 6.07 Å². The summed E-state index contributed by atoms with van der Waals surface area (Å²) in [5, 5.41) is 28.8. The Morgan fingerprint density at radius 3 is 2.59 bits per heavy atom. The molecule has 8 heteroatoms. The van der Waals surface area contributed by atoms with Gasteiger partial charge in [0.05, 0.1) is 4.92 Å². The third-order valence-corrected chi connectivity index (χ3v) is 3.65. The molecular weight excluding hydrogens is 284 g/mol. The quantitative estimate of drug-likeness (QED) is 0.634. The Kier molecular flexibility index (Phi) is 3.70. The van der Waals surface area contributed by atoms with Crippen LogP contribution in [0.25, 0.3) is 5.69 Å². The number of para-hydroxylation sites is 2. The number of anilines is 1. The number of rotatable bonds is 3. The van der Waals surface area contributed by atoms with Gasteiger partial charge in [-0.2, -0.15) is 5.26 Å². The molecule has 1 aliphatic rings. The summed E-state index contributed by atoms with van der Waals surface area (Å²) in [5.74, 6) is 0.500. The molecule has 0 saturated carbocycles. The van der Waals surface area contributed by atoms with Crippen LogP contribution in [0.4, 0.5) is 11.5 Å². The summed E-state index contributed by atoms with van der Waals surface area (Å²) < 4.78 is 0. The van der Waals surface area contributed by atoms with E-state index in [2.05, 4.69) is 10.2 Å². The van der Waals surface area contributed by atoms with Crippen LogP contribution in [0.3, 0.4) is 0 Å². The van der Waals surface area contributed by atoms with Crippen molar-refractivity contribution < 1.29 is 4.92 Å². The standard InChI is InChI=1S/C14H14N6O2/c15-10-11-14(18-8-4-1-5-9-18)17-19(16-11)12-6-2-3-7-13(12)20(21)22/h2-3,6-7H,1,4-5,8-9H2. The Morgan fingerprint density at radius 2 is 1.91 bits per heavy atom. The van der Waals surface area contributed by atoms with Crippen molar-refractivity contribution in [1.29, 1.82) is 5.26 Å². The maximum Gasteiger partial charge on any atom is 0.296 e. The second-order valence-corrected chi connectivity index (χ2v) is 5.07. The van der Waals surface area contributed by atoms with Gasteiger partial charge in [-0.3, -0.25) is 10.1 Å². The number of benzene rings is 1. The molecule has 2 heterocycles. The van der Waals surface area contributed by atoms with Gasteiger partial charge >= 0.3 is 0 Å². The summed E-state index contributed by atoms with van der Waals surface area (Å²) in [6.45, 7) is 1.65. The molecule has 0 spiro atoms. The summed E-state index contributed by atoms with van der Waals surface area (Å²) in [6, 6.07) is 8.25. The molecule has 8 nitrogen and oxygen atoms in total. The maximum atomic E-state index is 11.1. The zero-order valence-electron chi connectivity index (χ0n) is 11.8. The third kappa shape index (κ3) is 2.48. The van der Waals surface area contributed by atoms with Gasteiger partial charge in [-0.25, -0.2) is 0 Å². The number of nitro groups is 1. The van der Waals surface area contributed by atoms with Crippen LogP contribution in [0.1, 0.15) is 25.0 Å². The minimum absolute atomic E-state index is 0.0906. The molecule has 1 saturated heterocycles. The van der Waals surface area contributed by atoms with Crippen LogP contribution in [-0.2, 0) is 0 Å². The Hall–Kier alpha value is -2.95. The van der Waals surface area contributed by atoms with E-state index in [4.69, 9.17) is 0 Å². The largest absolute Gasteiger partial charge is 0.353 e. The average molecular weight is 298 g/mol. The summed E-state index contributed by atoms with van der Waals surface area (Å²) in [6.07, 6.45) is 3.25. The normalized spacial score (nSPS) is 14.6. The van der Waals surface area contributed by atoms with Gasteiger partial charge in [0, 0.05) is 19.2 Å². The highest BCUT2D eigenvalue weighted by Gasteiger charge is 2.23. The van der Waals surface area contributed by atoms with Crippen molar-refractivity contribution in [3.63, 3.8) is 0 Å². The van der Waals surface area contributed by atoms with Crippen LogP contribution in [0.2, 0.25) is 0 Å². The third-order valence-electron chi connectivity index (χ3n) is 3.65. The Bertz CT molecular complexity index is 742. The summed E-state index contributed by atoms with van der Waals surface area (Å²) in [4.78, 5) is 13.8. The maximum absolute atomic E-state index is 11.1. The van der Waals surface area contributed by atoms with E-state index in [0.717, 1.165) is 32.4 Å². The molecule has 0 amide bonds. The summed E-state index contributed by atoms with van der Waals surface area (Å²) in [5.41, 5.74) is 0.361. The number of aromatic nitrogens is 3. The van der Waals surface area contributed by atoms with Crippen molar-refractivity contribution in [3.05, 3.63) is 40.1 Å². The van der Waals surface area contributed by atoms with Crippen LogP contribution in [0.15, 0.2) is 24.3 Å². The topological polar surface area (TPSA) is 101 Å². The lowest BCUT2D eigenvalue weighted by atomic mass is 10.1. The Balaban J connectivity index is 2.04. The first-order valence-corrected chi connectivity index (χ1v) is 7.07. The molecule has 1 aromatic carbocycles. The van der Waals surface area contributed by atoms with Crippen LogP contribution < -0.4 is 4.90 Å². The fourth-order valence-electron chi connectivity index (χ4n) is 2.59. The molecule has 1 fully saturated rings. The first kappa shape index (κ1) is 14.0. The molecular formula is C14H14N6O2. The zero-order chi connectivity index (χ0) is 15.5. The van der Waals surface area contributed by atoms with E-state index in [0.29, 0.717) is 5.82 Å². The predicted molar refractivity (Wildman–Crippen MR) is 78.8 cm³/mol. The zero-order valence-corrected chi connectivity index (χ0v) is 11.8. The number of nitriles is 1. The van der Waals surface area contributed by atoms with Gasteiger partial charge in [-0.05, 0) is 25.3 Å². The molecule has 0 radical (unpaired) electrons. The van der Waals surface area contributed by atoms with E-state index < -0.39 is 4.92 Å². The van der Waals surface area contributed by atoms with Crippen LogP contribution in [0, 0.1) is 21.4 Å². The van der Waals surface area contributed by atoms with E-state index in [1.807, 2.05) is 11.0 Å². The number of nitrogens with zero attached hydrogens (tertiary/aromatic N) is 6. The molecule has 3 rings (SSSR count). The van der Waals surface area contributed by atoms with E-state index in [1.165, 1.54) is 10.9 Å². The van der Waals surface area contributed by atoms with Crippen LogP contribution >= 0.6 is 0 Å². The highest BCUT2D eigenvalue weighted by Crippen LogP contribution is 2.25. The van der Waals surface area contributed by atoms with E-state index >= 15 is 0 Å². The van der Waals surface area contributed by atoms with Crippen molar-refractivity contribution in [2.24, 2.45) is 0 Å². The van der Waals surface area contributed by atoms with E-state index in [-0.39, 0.29) is 17.1 Å². The molecule has 1 aromatic heterocycles. The SMILES string of the molecule is N#Cc1nn(-c2ccccc2[N+](=O)[O-])nc1N1CCCCC1. The molecule has 0 aliphatic carbocycles. The van der Waals surface area contributed by atoms with Crippen molar-refractivity contribution >= 4 is 11.5 Å². The first-order chi connectivity index (χ1) is 10.7. The van der Waals surface area contributed by atoms with Gasteiger partial charge in [-0.1, -0.05) is 12.1 Å². The van der Waals surface area contributed by atoms with Crippen molar-refractivity contribution in [2.75, 3.05) is 18.0 Å².